The third-order valence-corrected chi connectivity index (χ3v) is 5.16. The molecule has 1 saturated carbocycles. The summed E-state index contributed by atoms with van der Waals surface area (Å²) in [7, 11) is 0. The number of rotatable bonds is 4. The van der Waals surface area contributed by atoms with Gasteiger partial charge in [0.1, 0.15) is 9.88 Å². The molecular formula is C13H12N4OS2. The molecule has 0 unspecified atom stereocenters. The Bertz CT molecular complexity index is 740. The number of nitrogens with zero attached hydrogens (tertiary/aromatic N) is 3. The van der Waals surface area contributed by atoms with Gasteiger partial charge in [-0.25, -0.2) is 9.97 Å². The van der Waals surface area contributed by atoms with Crippen LogP contribution in [-0.2, 0) is 6.54 Å². The molecule has 1 fully saturated rings. The quantitative estimate of drug-likeness (QED) is 0.806. The molecule has 5 nitrogen and oxygen atoms in total. The van der Waals surface area contributed by atoms with Crippen LogP contribution < -0.4 is 5.32 Å². The van der Waals surface area contributed by atoms with E-state index in [1.54, 1.807) is 23.7 Å². The van der Waals surface area contributed by atoms with Crippen LogP contribution in [0.3, 0.4) is 0 Å². The van der Waals surface area contributed by atoms with Gasteiger partial charge >= 0.3 is 0 Å². The summed E-state index contributed by atoms with van der Waals surface area (Å²) in [5, 5.41) is 6.00. The fourth-order valence-electron chi connectivity index (χ4n) is 2.05. The molecule has 3 aromatic heterocycles. The summed E-state index contributed by atoms with van der Waals surface area (Å²) >= 11 is 3.01. The second kappa shape index (κ2) is 4.68. The van der Waals surface area contributed by atoms with Gasteiger partial charge in [0.25, 0.3) is 5.91 Å². The fraction of sp³-hybridized carbons (Fsp3) is 0.308. The van der Waals surface area contributed by atoms with Crippen molar-refractivity contribution in [3.05, 3.63) is 39.5 Å². The first-order valence-corrected chi connectivity index (χ1v) is 8.14. The molecule has 0 spiro atoms. The summed E-state index contributed by atoms with van der Waals surface area (Å²) in [6.45, 7) is 0.496. The lowest BCUT2D eigenvalue weighted by Gasteiger charge is -1.99. The Labute approximate surface area is 123 Å². The van der Waals surface area contributed by atoms with E-state index in [0.717, 1.165) is 9.97 Å². The highest BCUT2D eigenvalue weighted by molar-refractivity contribution is 7.18. The van der Waals surface area contributed by atoms with Crippen molar-refractivity contribution in [3.63, 3.8) is 0 Å². The Balaban J connectivity index is 1.42. The number of hydrogen-bond acceptors (Lipinski definition) is 5. The number of nitrogens with one attached hydrogen (secondary N) is 1. The predicted molar refractivity (Wildman–Crippen MR) is 78.3 cm³/mol. The topological polar surface area (TPSA) is 59.3 Å². The minimum Gasteiger partial charge on any atom is -0.345 e. The van der Waals surface area contributed by atoms with Gasteiger partial charge in [0.2, 0.25) is 0 Å². The van der Waals surface area contributed by atoms with Gasteiger partial charge in [0.15, 0.2) is 4.96 Å². The van der Waals surface area contributed by atoms with Gasteiger partial charge in [-0.05, 0) is 12.8 Å². The molecule has 0 atom stereocenters. The lowest BCUT2D eigenvalue weighted by Crippen LogP contribution is -2.21. The minimum atomic E-state index is -0.0660. The highest BCUT2D eigenvalue weighted by Crippen LogP contribution is 2.40. The summed E-state index contributed by atoms with van der Waals surface area (Å²) in [6, 6.07) is 0. The van der Waals surface area contributed by atoms with Crippen molar-refractivity contribution in [1.29, 1.82) is 0 Å². The van der Waals surface area contributed by atoms with E-state index in [1.165, 1.54) is 29.9 Å². The first kappa shape index (κ1) is 12.0. The van der Waals surface area contributed by atoms with Crippen LogP contribution in [0.15, 0.2) is 24.0 Å². The molecule has 102 valence electrons. The fourth-order valence-corrected chi connectivity index (χ4v) is 3.72. The molecule has 1 aliphatic carbocycles. The molecule has 0 radical (unpaired) electrons. The maximum absolute atomic E-state index is 12.1. The number of amides is 1. The Morgan fingerprint density at radius 2 is 2.40 bits per heavy atom. The lowest BCUT2D eigenvalue weighted by molar-refractivity contribution is 0.0954. The zero-order valence-corrected chi connectivity index (χ0v) is 12.2. The average Bonchev–Trinajstić information content (AvgIpc) is 2.88. The van der Waals surface area contributed by atoms with Crippen LogP contribution in [0.25, 0.3) is 4.96 Å². The van der Waals surface area contributed by atoms with Gasteiger partial charge < -0.3 is 5.32 Å². The third kappa shape index (κ3) is 2.23. The van der Waals surface area contributed by atoms with E-state index in [9.17, 15) is 4.79 Å². The molecule has 20 heavy (non-hydrogen) atoms. The lowest BCUT2D eigenvalue weighted by atomic mass is 10.3. The van der Waals surface area contributed by atoms with Crippen molar-refractivity contribution >= 4 is 33.5 Å². The molecule has 0 aromatic carbocycles. The van der Waals surface area contributed by atoms with E-state index in [1.807, 2.05) is 10.6 Å². The third-order valence-electron chi connectivity index (χ3n) is 3.28. The molecule has 7 heteroatoms. The predicted octanol–water partition coefficient (Wildman–Crippen LogP) is 2.66. The van der Waals surface area contributed by atoms with Crippen molar-refractivity contribution in [1.82, 2.24) is 19.7 Å². The monoisotopic (exact) mass is 304 g/mol. The van der Waals surface area contributed by atoms with Crippen molar-refractivity contribution in [2.24, 2.45) is 0 Å². The Kier molecular flexibility index (Phi) is 2.82. The van der Waals surface area contributed by atoms with Crippen LogP contribution >= 0.6 is 22.7 Å². The number of imidazole rings is 1. The molecule has 1 aliphatic rings. The molecular weight excluding hydrogens is 292 g/mol. The number of thiazole rings is 2. The van der Waals surface area contributed by atoms with Gasteiger partial charge in [-0.15, -0.1) is 11.3 Å². The normalized spacial score (nSPS) is 14.8. The maximum Gasteiger partial charge on any atom is 0.263 e. The van der Waals surface area contributed by atoms with E-state index >= 15 is 0 Å². The number of aromatic nitrogens is 3. The van der Waals surface area contributed by atoms with Crippen molar-refractivity contribution in [2.75, 3.05) is 0 Å². The highest BCUT2D eigenvalue weighted by atomic mass is 32.1. The van der Waals surface area contributed by atoms with E-state index in [-0.39, 0.29) is 5.91 Å². The van der Waals surface area contributed by atoms with Gasteiger partial charge in [-0.3, -0.25) is 9.20 Å². The SMILES string of the molecule is O=C(NCc1nc(C2CC2)cs1)c1cn2ccnc2s1. The van der Waals surface area contributed by atoms with Crippen molar-refractivity contribution in [2.45, 2.75) is 25.3 Å². The Morgan fingerprint density at radius 1 is 1.50 bits per heavy atom. The zero-order valence-electron chi connectivity index (χ0n) is 10.6. The van der Waals surface area contributed by atoms with Crippen LogP contribution in [0.5, 0.6) is 0 Å². The van der Waals surface area contributed by atoms with Crippen LogP contribution in [-0.4, -0.2) is 20.3 Å². The number of carbonyl (C=O) groups excluding carboxylic acids is 1. The second-order valence-electron chi connectivity index (χ2n) is 4.84. The number of hydrogen-bond donors (Lipinski definition) is 1. The minimum absolute atomic E-state index is 0.0660. The first-order valence-electron chi connectivity index (χ1n) is 6.44. The van der Waals surface area contributed by atoms with E-state index in [2.05, 4.69) is 20.7 Å². The largest absolute Gasteiger partial charge is 0.345 e. The summed E-state index contributed by atoms with van der Waals surface area (Å²) in [6.07, 6.45) is 7.88. The number of fused-ring (bicyclic) bond motifs is 1. The standard InChI is InChI=1S/C13H12N4OS2/c18-12(10-6-17-4-3-14-13(17)20-10)15-5-11-16-9(7-19-11)8-1-2-8/h3-4,6-8H,1-2,5H2,(H,15,18). The van der Waals surface area contributed by atoms with Crippen LogP contribution in [0.4, 0.5) is 0 Å². The summed E-state index contributed by atoms with van der Waals surface area (Å²) in [5.41, 5.74) is 1.19. The van der Waals surface area contributed by atoms with Gasteiger partial charge in [-0.1, -0.05) is 11.3 Å². The molecule has 3 aromatic rings. The van der Waals surface area contributed by atoms with Crippen molar-refractivity contribution in [3.8, 4) is 0 Å². The highest BCUT2D eigenvalue weighted by Gasteiger charge is 2.26. The number of carbonyl (C=O) groups is 1. The molecule has 1 N–H and O–H groups in total. The van der Waals surface area contributed by atoms with Gasteiger partial charge in [0, 0.05) is 29.9 Å². The molecule has 3 heterocycles. The Morgan fingerprint density at radius 3 is 3.20 bits per heavy atom. The molecule has 0 aliphatic heterocycles. The molecule has 0 saturated heterocycles. The summed E-state index contributed by atoms with van der Waals surface area (Å²) in [4.78, 5) is 22.3. The maximum atomic E-state index is 12.1. The first-order chi connectivity index (χ1) is 9.79. The molecule has 1 amide bonds. The van der Waals surface area contributed by atoms with E-state index < -0.39 is 0 Å². The zero-order chi connectivity index (χ0) is 13.5. The van der Waals surface area contributed by atoms with Gasteiger partial charge in [-0.2, -0.15) is 0 Å². The van der Waals surface area contributed by atoms with Crippen LogP contribution in [0, 0.1) is 0 Å². The molecule has 4 rings (SSSR count). The smallest absolute Gasteiger partial charge is 0.263 e. The van der Waals surface area contributed by atoms with Crippen LogP contribution in [0.1, 0.15) is 39.1 Å². The van der Waals surface area contributed by atoms with Gasteiger partial charge in [0.05, 0.1) is 12.2 Å². The summed E-state index contributed by atoms with van der Waals surface area (Å²) < 4.78 is 1.86. The van der Waals surface area contributed by atoms with Crippen molar-refractivity contribution < 1.29 is 4.79 Å². The average molecular weight is 304 g/mol. The Hall–Kier alpha value is -1.73. The van der Waals surface area contributed by atoms with Crippen LogP contribution in [0.2, 0.25) is 0 Å². The summed E-state index contributed by atoms with van der Waals surface area (Å²) in [5.74, 6) is 0.601. The van der Waals surface area contributed by atoms with E-state index in [0.29, 0.717) is 17.3 Å². The molecule has 0 bridgehead atoms. The van der Waals surface area contributed by atoms with E-state index in [4.69, 9.17) is 0 Å². The second-order valence-corrected chi connectivity index (χ2v) is 6.79.